The molecule has 0 bridgehead atoms. The summed E-state index contributed by atoms with van der Waals surface area (Å²) < 4.78 is 5.98. The van der Waals surface area contributed by atoms with Gasteiger partial charge in [-0.1, -0.05) is 43.7 Å². The first-order valence-electron chi connectivity index (χ1n) is 11.9. The van der Waals surface area contributed by atoms with Crippen molar-refractivity contribution < 1.29 is 14.0 Å². The summed E-state index contributed by atoms with van der Waals surface area (Å²) in [5.41, 5.74) is 8.48. The van der Waals surface area contributed by atoms with Crippen LogP contribution < -0.4 is 10.7 Å². The van der Waals surface area contributed by atoms with Crippen molar-refractivity contribution in [1.29, 1.82) is 0 Å². The lowest BCUT2D eigenvalue weighted by Gasteiger charge is -2.13. The van der Waals surface area contributed by atoms with Gasteiger partial charge in [0.25, 0.3) is 11.8 Å². The van der Waals surface area contributed by atoms with Crippen LogP contribution in [0.5, 0.6) is 0 Å². The van der Waals surface area contributed by atoms with Crippen LogP contribution in [0.25, 0.3) is 0 Å². The smallest absolute Gasteiger partial charge is 0.291 e. The maximum atomic E-state index is 13.0. The summed E-state index contributed by atoms with van der Waals surface area (Å²) in [7, 11) is 0. The van der Waals surface area contributed by atoms with Gasteiger partial charge in [0.1, 0.15) is 5.76 Å². The summed E-state index contributed by atoms with van der Waals surface area (Å²) in [5.74, 6) is 0.503. The number of fused-ring (bicyclic) bond motifs is 1. The van der Waals surface area contributed by atoms with Gasteiger partial charge in [0, 0.05) is 28.8 Å². The van der Waals surface area contributed by atoms with Crippen molar-refractivity contribution in [3.05, 3.63) is 87.9 Å². The van der Waals surface area contributed by atoms with Gasteiger partial charge < -0.3 is 9.73 Å². The summed E-state index contributed by atoms with van der Waals surface area (Å²) in [4.78, 5) is 25.6. The van der Waals surface area contributed by atoms with Crippen molar-refractivity contribution in [3.63, 3.8) is 0 Å². The number of hydrogen-bond donors (Lipinski definition) is 2. The molecular weight excluding hydrogens is 426 g/mol. The Bertz CT molecular complexity index is 1220. The molecule has 0 saturated carbocycles. The minimum Gasteiger partial charge on any atom is -0.455 e. The van der Waals surface area contributed by atoms with E-state index in [1.165, 1.54) is 5.56 Å². The van der Waals surface area contributed by atoms with Gasteiger partial charge in [-0.05, 0) is 68.9 Å². The highest BCUT2D eigenvalue weighted by Gasteiger charge is 2.28. The Morgan fingerprint density at radius 1 is 1.00 bits per heavy atom. The Morgan fingerprint density at radius 2 is 1.76 bits per heavy atom. The quantitative estimate of drug-likeness (QED) is 0.429. The number of furan rings is 1. The Labute approximate surface area is 200 Å². The second-order valence-corrected chi connectivity index (χ2v) is 8.78. The third-order valence-corrected chi connectivity index (χ3v) is 6.24. The molecule has 1 aromatic heterocycles. The maximum Gasteiger partial charge on any atom is 0.291 e. The number of anilines is 1. The molecule has 2 amide bonds. The van der Waals surface area contributed by atoms with Crippen LogP contribution in [0.2, 0.25) is 0 Å². The first kappa shape index (κ1) is 23.5. The predicted molar refractivity (Wildman–Crippen MR) is 135 cm³/mol. The van der Waals surface area contributed by atoms with Gasteiger partial charge in [-0.25, -0.2) is 5.43 Å². The Hall–Kier alpha value is -3.67. The van der Waals surface area contributed by atoms with Crippen molar-refractivity contribution in [2.45, 2.75) is 59.3 Å². The fourth-order valence-electron chi connectivity index (χ4n) is 4.33. The van der Waals surface area contributed by atoms with E-state index in [0.717, 1.165) is 66.0 Å². The zero-order chi connectivity index (χ0) is 24.1. The minimum atomic E-state index is -0.281. The minimum absolute atomic E-state index is 0.251. The number of aryl methyl sites for hydroxylation is 3. The van der Waals surface area contributed by atoms with Crippen LogP contribution in [0.15, 0.2) is 58.0 Å². The number of unbranched alkanes of at least 4 members (excludes halogenated alkanes) is 1. The molecule has 0 spiro atoms. The average Bonchev–Trinajstić information content (AvgIpc) is 3.19. The molecule has 0 radical (unpaired) electrons. The van der Waals surface area contributed by atoms with E-state index in [0.29, 0.717) is 17.7 Å². The molecule has 176 valence electrons. The summed E-state index contributed by atoms with van der Waals surface area (Å²) in [6, 6.07) is 15.3. The van der Waals surface area contributed by atoms with Gasteiger partial charge in [0.2, 0.25) is 0 Å². The lowest BCUT2D eigenvalue weighted by molar-refractivity contribution is 0.0953. The molecule has 0 saturated heterocycles. The molecule has 2 aromatic carbocycles. The van der Waals surface area contributed by atoms with E-state index in [1.807, 2.05) is 56.3 Å². The number of carbonyl (C=O) groups is 2. The van der Waals surface area contributed by atoms with Gasteiger partial charge in [0.15, 0.2) is 5.76 Å². The van der Waals surface area contributed by atoms with E-state index < -0.39 is 0 Å². The molecular formula is C28H31N3O3. The van der Waals surface area contributed by atoms with E-state index in [2.05, 4.69) is 22.8 Å². The van der Waals surface area contributed by atoms with Gasteiger partial charge in [-0.15, -0.1) is 0 Å². The summed E-state index contributed by atoms with van der Waals surface area (Å²) in [5, 5.41) is 7.36. The molecule has 0 fully saturated rings. The Kier molecular flexibility index (Phi) is 7.26. The molecule has 0 aliphatic heterocycles. The van der Waals surface area contributed by atoms with Crippen molar-refractivity contribution in [3.8, 4) is 0 Å². The molecule has 1 heterocycles. The normalized spacial score (nSPS) is 14.0. The van der Waals surface area contributed by atoms with E-state index in [9.17, 15) is 9.59 Å². The first-order chi connectivity index (χ1) is 16.5. The van der Waals surface area contributed by atoms with Gasteiger partial charge in [-0.2, -0.15) is 5.10 Å². The van der Waals surface area contributed by atoms with Crippen molar-refractivity contribution in [2.75, 3.05) is 5.32 Å². The predicted octanol–water partition coefficient (Wildman–Crippen LogP) is 5.96. The van der Waals surface area contributed by atoms with E-state index in [-0.39, 0.29) is 11.8 Å². The molecule has 4 rings (SSSR count). The van der Waals surface area contributed by atoms with Gasteiger partial charge in [0.05, 0.1) is 5.71 Å². The molecule has 0 unspecified atom stereocenters. The molecule has 1 aliphatic rings. The zero-order valence-corrected chi connectivity index (χ0v) is 20.0. The monoisotopic (exact) mass is 457 g/mol. The van der Waals surface area contributed by atoms with Crippen LogP contribution in [-0.2, 0) is 12.8 Å². The molecule has 3 aromatic rings. The van der Waals surface area contributed by atoms with Crippen molar-refractivity contribution in [1.82, 2.24) is 5.43 Å². The number of nitrogens with zero attached hydrogens (tertiary/aromatic N) is 1. The Balaban J connectivity index is 1.51. The highest BCUT2D eigenvalue weighted by atomic mass is 16.4. The largest absolute Gasteiger partial charge is 0.455 e. The van der Waals surface area contributed by atoms with Crippen LogP contribution in [0.3, 0.4) is 0 Å². The summed E-state index contributed by atoms with van der Waals surface area (Å²) in [6.45, 7) is 5.94. The number of benzene rings is 2. The standard InChI is InChI=1S/C28H31N3O3/c1-4-5-10-20-14-16-21(17-15-20)29-28(33)26-19(3)25-23(12-8-13-24(25)34-26)30-31-27(32)22-11-7-6-9-18(22)2/h6-7,9,11,14-17H,4-5,8,10,12-13H2,1-3H3,(H,29,33)(H,31,32)/b30-23+. The zero-order valence-electron chi connectivity index (χ0n) is 20.0. The van der Waals surface area contributed by atoms with Crippen LogP contribution in [0.1, 0.15) is 81.5 Å². The van der Waals surface area contributed by atoms with E-state index in [4.69, 9.17) is 4.42 Å². The third kappa shape index (κ3) is 5.11. The van der Waals surface area contributed by atoms with Gasteiger partial charge in [-0.3, -0.25) is 9.59 Å². The topological polar surface area (TPSA) is 83.7 Å². The van der Waals surface area contributed by atoms with Crippen LogP contribution in [0, 0.1) is 13.8 Å². The maximum absolute atomic E-state index is 13.0. The van der Waals surface area contributed by atoms with Crippen molar-refractivity contribution in [2.24, 2.45) is 5.10 Å². The number of amides is 2. The fraction of sp³-hybridized carbons (Fsp3) is 0.321. The SMILES string of the molecule is CCCCc1ccc(NC(=O)c2oc3c(c2C)/C(=N/NC(=O)c2ccccc2C)CCC3)cc1. The molecule has 6 heteroatoms. The fourth-order valence-corrected chi connectivity index (χ4v) is 4.33. The highest BCUT2D eigenvalue weighted by molar-refractivity contribution is 6.09. The molecule has 0 atom stereocenters. The third-order valence-electron chi connectivity index (χ3n) is 6.24. The number of nitrogens with one attached hydrogen (secondary N) is 2. The molecule has 1 aliphatic carbocycles. The second-order valence-electron chi connectivity index (χ2n) is 8.78. The summed E-state index contributed by atoms with van der Waals surface area (Å²) in [6.07, 6.45) is 5.64. The molecule has 6 nitrogen and oxygen atoms in total. The highest BCUT2D eigenvalue weighted by Crippen LogP contribution is 2.30. The first-order valence-corrected chi connectivity index (χ1v) is 11.9. The number of carbonyl (C=O) groups excluding carboxylic acids is 2. The lowest BCUT2D eigenvalue weighted by Crippen LogP contribution is -2.22. The lowest BCUT2D eigenvalue weighted by atomic mass is 9.93. The second kappa shape index (κ2) is 10.5. The number of rotatable bonds is 7. The van der Waals surface area contributed by atoms with Crippen LogP contribution in [-0.4, -0.2) is 17.5 Å². The summed E-state index contributed by atoms with van der Waals surface area (Å²) >= 11 is 0. The number of hydrazone groups is 1. The molecule has 2 N–H and O–H groups in total. The van der Waals surface area contributed by atoms with Crippen LogP contribution in [0.4, 0.5) is 5.69 Å². The molecule has 34 heavy (non-hydrogen) atoms. The number of hydrogen-bond acceptors (Lipinski definition) is 4. The van der Waals surface area contributed by atoms with Crippen molar-refractivity contribution >= 4 is 23.2 Å². The van der Waals surface area contributed by atoms with E-state index >= 15 is 0 Å². The Morgan fingerprint density at radius 3 is 2.50 bits per heavy atom. The average molecular weight is 458 g/mol. The van der Waals surface area contributed by atoms with Crippen LogP contribution >= 0.6 is 0 Å². The van der Waals surface area contributed by atoms with Gasteiger partial charge >= 0.3 is 0 Å². The van der Waals surface area contributed by atoms with E-state index in [1.54, 1.807) is 6.07 Å².